The molecule has 0 amide bonds. The highest BCUT2D eigenvalue weighted by Gasteiger charge is 2.20. The number of nitrogens with zero attached hydrogens (tertiary/aromatic N) is 1. The lowest BCUT2D eigenvalue weighted by molar-refractivity contribution is -0.00807. The molecule has 108 valence electrons. The smallest absolute Gasteiger partial charge is 0.0622 e. The van der Waals surface area contributed by atoms with E-state index < -0.39 is 0 Å². The van der Waals surface area contributed by atoms with Gasteiger partial charge in [-0.2, -0.15) is 0 Å². The second kappa shape index (κ2) is 9.76. The van der Waals surface area contributed by atoms with Crippen molar-refractivity contribution in [1.82, 2.24) is 10.2 Å². The lowest BCUT2D eigenvalue weighted by Crippen LogP contribution is -2.48. The van der Waals surface area contributed by atoms with Crippen molar-refractivity contribution in [3.8, 4) is 0 Å². The average molecular weight is 256 g/mol. The van der Waals surface area contributed by atoms with Gasteiger partial charge in [0, 0.05) is 31.7 Å². The maximum atomic E-state index is 5.53. The van der Waals surface area contributed by atoms with E-state index in [0.29, 0.717) is 12.1 Å². The molecule has 0 spiro atoms. The second-order valence-electron chi connectivity index (χ2n) is 5.52. The first kappa shape index (κ1) is 15.9. The average Bonchev–Trinajstić information content (AvgIpc) is 2.39. The van der Waals surface area contributed by atoms with Gasteiger partial charge in [-0.1, -0.05) is 33.1 Å². The van der Waals surface area contributed by atoms with Crippen LogP contribution in [0.2, 0.25) is 0 Å². The summed E-state index contributed by atoms with van der Waals surface area (Å²) in [7, 11) is 0. The molecule has 1 saturated heterocycles. The molecule has 0 aromatic rings. The first-order chi connectivity index (χ1) is 8.77. The Morgan fingerprint density at radius 2 is 2.17 bits per heavy atom. The third kappa shape index (κ3) is 6.17. The number of unbranched alkanes of at least 4 members (excludes halogenated alkanes) is 2. The molecule has 0 saturated carbocycles. The molecule has 1 heterocycles. The maximum Gasteiger partial charge on any atom is 0.0622 e. The number of ether oxygens (including phenoxy) is 1. The Morgan fingerprint density at radius 1 is 1.33 bits per heavy atom. The molecule has 1 N–H and O–H groups in total. The molecule has 0 radical (unpaired) electrons. The summed E-state index contributed by atoms with van der Waals surface area (Å²) in [5.74, 6) is 0. The lowest BCUT2D eigenvalue weighted by atomic mass is 10.1. The first-order valence-corrected chi connectivity index (χ1v) is 7.83. The quantitative estimate of drug-likeness (QED) is 0.642. The van der Waals surface area contributed by atoms with E-state index in [4.69, 9.17) is 4.74 Å². The summed E-state index contributed by atoms with van der Waals surface area (Å²) < 4.78 is 5.53. The Kier molecular flexibility index (Phi) is 8.64. The van der Waals surface area contributed by atoms with E-state index >= 15 is 0 Å². The van der Waals surface area contributed by atoms with Gasteiger partial charge in [0.2, 0.25) is 0 Å². The van der Waals surface area contributed by atoms with Crippen LogP contribution in [0.1, 0.15) is 52.9 Å². The largest absolute Gasteiger partial charge is 0.378 e. The minimum absolute atomic E-state index is 0.635. The van der Waals surface area contributed by atoms with Crippen LogP contribution >= 0.6 is 0 Å². The zero-order valence-corrected chi connectivity index (χ0v) is 12.6. The van der Waals surface area contributed by atoms with Crippen LogP contribution in [0.15, 0.2) is 0 Å². The van der Waals surface area contributed by atoms with Crippen LogP contribution in [-0.2, 0) is 4.74 Å². The summed E-state index contributed by atoms with van der Waals surface area (Å²) >= 11 is 0. The Morgan fingerprint density at radius 3 is 2.89 bits per heavy atom. The van der Waals surface area contributed by atoms with Gasteiger partial charge in [-0.25, -0.2) is 0 Å². The maximum absolute atomic E-state index is 5.53. The fourth-order valence-electron chi connectivity index (χ4n) is 2.62. The number of morpholine rings is 1. The van der Waals surface area contributed by atoms with Crippen LogP contribution in [0.25, 0.3) is 0 Å². The standard InChI is InChI=1S/C15H32N2O/c1-4-6-7-8-14(3)16-9-10-17-11-12-18-13-15(17)5-2/h14-16H,4-13H2,1-3H3. The van der Waals surface area contributed by atoms with Crippen molar-refractivity contribution in [3.05, 3.63) is 0 Å². The van der Waals surface area contributed by atoms with E-state index in [9.17, 15) is 0 Å². The summed E-state index contributed by atoms with van der Waals surface area (Å²) in [5, 5.41) is 3.65. The molecule has 2 unspecified atom stereocenters. The van der Waals surface area contributed by atoms with Gasteiger partial charge in [-0.3, -0.25) is 4.90 Å². The number of hydrogen-bond donors (Lipinski definition) is 1. The van der Waals surface area contributed by atoms with Gasteiger partial charge in [0.15, 0.2) is 0 Å². The summed E-state index contributed by atoms with van der Waals surface area (Å²) in [6, 6.07) is 1.30. The van der Waals surface area contributed by atoms with Crippen molar-refractivity contribution in [1.29, 1.82) is 0 Å². The van der Waals surface area contributed by atoms with Crippen molar-refractivity contribution in [2.24, 2.45) is 0 Å². The zero-order valence-electron chi connectivity index (χ0n) is 12.6. The van der Waals surface area contributed by atoms with Crippen molar-refractivity contribution < 1.29 is 4.74 Å². The Hall–Kier alpha value is -0.120. The van der Waals surface area contributed by atoms with Crippen molar-refractivity contribution in [3.63, 3.8) is 0 Å². The lowest BCUT2D eigenvalue weighted by Gasteiger charge is -2.35. The number of rotatable bonds is 9. The highest BCUT2D eigenvalue weighted by atomic mass is 16.5. The third-order valence-electron chi connectivity index (χ3n) is 3.95. The van der Waals surface area contributed by atoms with Crippen LogP contribution in [0.5, 0.6) is 0 Å². The fraction of sp³-hybridized carbons (Fsp3) is 1.00. The van der Waals surface area contributed by atoms with Crippen LogP contribution in [0.3, 0.4) is 0 Å². The molecule has 3 heteroatoms. The number of nitrogens with one attached hydrogen (secondary N) is 1. The van der Waals surface area contributed by atoms with Crippen LogP contribution in [0.4, 0.5) is 0 Å². The Labute approximate surface area is 113 Å². The van der Waals surface area contributed by atoms with Crippen LogP contribution in [-0.4, -0.2) is 49.8 Å². The number of hydrogen-bond acceptors (Lipinski definition) is 3. The van der Waals surface area contributed by atoms with Crippen LogP contribution < -0.4 is 5.32 Å². The van der Waals surface area contributed by atoms with E-state index in [1.165, 1.54) is 38.6 Å². The van der Waals surface area contributed by atoms with Gasteiger partial charge < -0.3 is 10.1 Å². The summed E-state index contributed by atoms with van der Waals surface area (Å²) in [6.45, 7) is 12.0. The van der Waals surface area contributed by atoms with Gasteiger partial charge in [-0.05, 0) is 19.8 Å². The monoisotopic (exact) mass is 256 g/mol. The van der Waals surface area contributed by atoms with E-state index in [1.807, 2.05) is 0 Å². The summed E-state index contributed by atoms with van der Waals surface area (Å²) in [6.07, 6.45) is 6.56. The topological polar surface area (TPSA) is 24.5 Å². The van der Waals surface area contributed by atoms with Gasteiger partial charge in [-0.15, -0.1) is 0 Å². The molecule has 2 atom stereocenters. The van der Waals surface area contributed by atoms with Gasteiger partial charge in [0.25, 0.3) is 0 Å². The highest BCUT2D eigenvalue weighted by Crippen LogP contribution is 2.09. The molecule has 0 aromatic heterocycles. The van der Waals surface area contributed by atoms with E-state index in [0.717, 1.165) is 26.3 Å². The highest BCUT2D eigenvalue weighted by molar-refractivity contribution is 4.75. The molecule has 1 aliphatic heterocycles. The predicted molar refractivity (Wildman–Crippen MR) is 78.1 cm³/mol. The normalized spacial score (nSPS) is 23.2. The summed E-state index contributed by atoms with van der Waals surface area (Å²) in [4.78, 5) is 2.58. The molecule has 0 bridgehead atoms. The zero-order chi connectivity index (χ0) is 13.2. The third-order valence-corrected chi connectivity index (χ3v) is 3.95. The van der Waals surface area contributed by atoms with Crippen molar-refractivity contribution >= 4 is 0 Å². The summed E-state index contributed by atoms with van der Waals surface area (Å²) in [5.41, 5.74) is 0. The molecule has 1 aliphatic rings. The molecular weight excluding hydrogens is 224 g/mol. The minimum Gasteiger partial charge on any atom is -0.378 e. The van der Waals surface area contributed by atoms with Crippen LogP contribution in [0, 0.1) is 0 Å². The van der Waals surface area contributed by atoms with E-state index in [-0.39, 0.29) is 0 Å². The minimum atomic E-state index is 0.635. The SMILES string of the molecule is CCCCCC(C)NCCN1CCOCC1CC. The van der Waals surface area contributed by atoms with Gasteiger partial charge in [0.1, 0.15) is 0 Å². The van der Waals surface area contributed by atoms with E-state index in [2.05, 4.69) is 31.0 Å². The fourth-order valence-corrected chi connectivity index (χ4v) is 2.62. The Balaban J connectivity index is 2.08. The van der Waals surface area contributed by atoms with Crippen molar-refractivity contribution in [2.75, 3.05) is 32.8 Å². The molecule has 3 nitrogen and oxygen atoms in total. The molecule has 0 aromatic carbocycles. The second-order valence-corrected chi connectivity index (χ2v) is 5.52. The molecule has 18 heavy (non-hydrogen) atoms. The van der Waals surface area contributed by atoms with Crippen molar-refractivity contribution in [2.45, 2.75) is 65.0 Å². The Bertz CT molecular complexity index is 199. The van der Waals surface area contributed by atoms with Gasteiger partial charge >= 0.3 is 0 Å². The molecule has 1 fully saturated rings. The predicted octanol–water partition coefficient (Wildman–Crippen LogP) is 2.66. The molecule has 1 rings (SSSR count). The van der Waals surface area contributed by atoms with Gasteiger partial charge in [0.05, 0.1) is 13.2 Å². The molecular formula is C15H32N2O. The molecule has 0 aliphatic carbocycles. The first-order valence-electron chi connectivity index (χ1n) is 7.83. The van der Waals surface area contributed by atoms with E-state index in [1.54, 1.807) is 0 Å².